The van der Waals surface area contributed by atoms with Crippen molar-refractivity contribution >= 4 is 40.2 Å². The van der Waals surface area contributed by atoms with Gasteiger partial charge in [0.15, 0.2) is 0 Å². The summed E-state index contributed by atoms with van der Waals surface area (Å²) in [6, 6.07) is 21.0. The minimum atomic E-state index is -1.45. The summed E-state index contributed by atoms with van der Waals surface area (Å²) < 4.78 is 12.8. The van der Waals surface area contributed by atoms with Crippen LogP contribution in [0.3, 0.4) is 0 Å². The highest BCUT2D eigenvalue weighted by molar-refractivity contribution is 6.06. The normalized spacial score (nSPS) is 30.3. The van der Waals surface area contributed by atoms with E-state index in [1.165, 1.54) is 4.90 Å². The van der Waals surface area contributed by atoms with Gasteiger partial charge in [0.05, 0.1) is 31.2 Å². The summed E-state index contributed by atoms with van der Waals surface area (Å²) in [7, 11) is 0. The minimum Gasteiger partial charge on any atom is -0.455 e. The lowest BCUT2D eigenvalue weighted by molar-refractivity contribution is -0.160. The number of hydrogen-bond donors (Lipinski definition) is 2. The molecule has 7 rings (SSSR count). The smallest absolute Gasteiger partial charge is 0.313 e. The number of benzene rings is 3. The maximum absolute atomic E-state index is 15.2. The summed E-state index contributed by atoms with van der Waals surface area (Å²) >= 11 is 0. The van der Waals surface area contributed by atoms with Gasteiger partial charge in [-0.15, -0.1) is 0 Å². The third-order valence-electron chi connectivity index (χ3n) is 10.9. The van der Waals surface area contributed by atoms with Crippen molar-refractivity contribution in [1.29, 1.82) is 0 Å². The standard InChI is InChI=1S/C40H43N3O7/c1-3-25(2)30(24-44)43-36-38(47)42(29-18-17-26-12-9-10-15-28(26)22-29)21-11-5-8-16-33(45)41-23-32(27-13-6-4-7-14-27)49-39(48)34-31-19-20-40(36,50-31)35(34)37(43)46/h4-7,9-15,17-20,22,25,30-32,34-36,44H,3,8,16,21,23-24H2,1-2H3,(H,41,45)/b11-5-/t25-,30-,31-,32-,34+,35+,36-,40+/m0/s1. The van der Waals surface area contributed by atoms with Crippen LogP contribution in [0.1, 0.15) is 44.8 Å². The molecule has 50 heavy (non-hydrogen) atoms. The molecule has 1 spiro atoms. The summed E-state index contributed by atoms with van der Waals surface area (Å²) in [5, 5.41) is 15.6. The molecule has 3 aromatic carbocycles. The molecule has 0 aliphatic carbocycles. The zero-order chi connectivity index (χ0) is 35.0. The summed E-state index contributed by atoms with van der Waals surface area (Å²) in [5.41, 5.74) is -0.125. The van der Waals surface area contributed by atoms with Crippen molar-refractivity contribution in [2.45, 2.75) is 63.0 Å². The van der Waals surface area contributed by atoms with E-state index in [0.717, 1.165) is 10.8 Å². The van der Waals surface area contributed by atoms with Crippen LogP contribution in [0.25, 0.3) is 10.8 Å². The summed E-state index contributed by atoms with van der Waals surface area (Å²) in [6.07, 6.45) is 6.95. The molecule has 0 saturated carbocycles. The van der Waals surface area contributed by atoms with Gasteiger partial charge in [0, 0.05) is 18.7 Å². The van der Waals surface area contributed by atoms with E-state index in [9.17, 15) is 19.5 Å². The van der Waals surface area contributed by atoms with Crippen LogP contribution in [-0.2, 0) is 28.7 Å². The molecule has 4 aliphatic rings. The lowest BCUT2D eigenvalue weighted by atomic mass is 9.74. The lowest BCUT2D eigenvalue weighted by Gasteiger charge is -2.40. The van der Waals surface area contributed by atoms with E-state index in [2.05, 4.69) is 5.32 Å². The molecule has 4 aliphatic heterocycles. The van der Waals surface area contributed by atoms with Crippen molar-refractivity contribution in [3.63, 3.8) is 0 Å². The van der Waals surface area contributed by atoms with Gasteiger partial charge in [-0.25, -0.2) is 0 Å². The molecule has 2 N–H and O–H groups in total. The van der Waals surface area contributed by atoms with E-state index in [0.29, 0.717) is 24.1 Å². The first kappa shape index (κ1) is 33.7. The van der Waals surface area contributed by atoms with Gasteiger partial charge in [0.2, 0.25) is 11.8 Å². The van der Waals surface area contributed by atoms with Gasteiger partial charge in [-0.05, 0) is 40.8 Å². The largest absolute Gasteiger partial charge is 0.455 e. The monoisotopic (exact) mass is 677 g/mol. The second-order valence-corrected chi connectivity index (χ2v) is 13.7. The van der Waals surface area contributed by atoms with Crippen molar-refractivity contribution in [3.05, 3.63) is 103 Å². The van der Waals surface area contributed by atoms with Crippen molar-refractivity contribution < 1.29 is 33.8 Å². The molecule has 8 atom stereocenters. The number of rotatable bonds is 6. The third-order valence-corrected chi connectivity index (χ3v) is 10.9. The summed E-state index contributed by atoms with van der Waals surface area (Å²) in [5.74, 6) is -3.88. The van der Waals surface area contributed by atoms with E-state index in [1.807, 2.05) is 98.8 Å². The number of aliphatic hydroxyl groups is 1. The summed E-state index contributed by atoms with van der Waals surface area (Å²) in [6.45, 7) is 3.79. The fraction of sp³-hybridized carbons (Fsp3) is 0.400. The Morgan fingerprint density at radius 1 is 0.960 bits per heavy atom. The number of hydrogen-bond acceptors (Lipinski definition) is 7. The first-order chi connectivity index (χ1) is 24.3. The van der Waals surface area contributed by atoms with Gasteiger partial charge >= 0.3 is 5.97 Å². The Kier molecular flexibility index (Phi) is 9.32. The molecule has 0 aromatic heterocycles. The van der Waals surface area contributed by atoms with E-state index < -0.39 is 53.6 Å². The number of carbonyl (C=O) groups excluding carboxylic acids is 4. The number of amides is 3. The SMILES string of the molecule is CC[C@H](C)[C@H](CO)N1C(=O)[C@H]2[C@@H]3C(=O)O[C@H](c4ccccc4)CNC(=O)CC/C=C\CN(c4ccc5ccccc5c4)C(=O)[C@H]1[C@@]21C=C[C@@H]3O1. The predicted molar refractivity (Wildman–Crippen MR) is 188 cm³/mol. The van der Waals surface area contributed by atoms with Crippen molar-refractivity contribution in [3.8, 4) is 0 Å². The highest BCUT2D eigenvalue weighted by Crippen LogP contribution is 2.56. The fourth-order valence-corrected chi connectivity index (χ4v) is 8.06. The average molecular weight is 678 g/mol. The average Bonchev–Trinajstić information content (AvgIpc) is 3.78. The number of esters is 1. The predicted octanol–water partition coefficient (Wildman–Crippen LogP) is 4.48. The molecule has 4 heterocycles. The van der Waals surface area contributed by atoms with Gasteiger partial charge in [0.25, 0.3) is 5.91 Å². The Hall–Kier alpha value is -4.80. The second-order valence-electron chi connectivity index (χ2n) is 13.7. The molecule has 3 aromatic rings. The molecule has 0 radical (unpaired) electrons. The molecule has 2 fully saturated rings. The van der Waals surface area contributed by atoms with Crippen LogP contribution in [0.15, 0.2) is 97.1 Å². The van der Waals surface area contributed by atoms with Crippen LogP contribution < -0.4 is 10.2 Å². The van der Waals surface area contributed by atoms with E-state index in [1.54, 1.807) is 17.1 Å². The van der Waals surface area contributed by atoms with Crippen LogP contribution in [0, 0.1) is 17.8 Å². The lowest BCUT2D eigenvalue weighted by Crippen LogP contribution is -2.59. The summed E-state index contributed by atoms with van der Waals surface area (Å²) in [4.78, 5) is 60.3. The number of nitrogens with zero attached hydrogens (tertiary/aromatic N) is 2. The zero-order valence-corrected chi connectivity index (χ0v) is 28.3. The van der Waals surface area contributed by atoms with E-state index >= 15 is 4.79 Å². The molecule has 3 amide bonds. The highest BCUT2D eigenvalue weighted by atomic mass is 16.6. The number of fused-ring (bicyclic) bond motifs is 3. The van der Waals surface area contributed by atoms with Crippen LogP contribution in [0.5, 0.6) is 0 Å². The van der Waals surface area contributed by atoms with Gasteiger partial charge in [-0.2, -0.15) is 0 Å². The first-order valence-corrected chi connectivity index (χ1v) is 17.5. The van der Waals surface area contributed by atoms with E-state index in [-0.39, 0.29) is 43.8 Å². The maximum atomic E-state index is 15.2. The van der Waals surface area contributed by atoms with Crippen molar-refractivity contribution in [2.75, 3.05) is 24.6 Å². The molecular weight excluding hydrogens is 634 g/mol. The zero-order valence-electron chi connectivity index (χ0n) is 28.3. The number of cyclic esters (lactones) is 1. The number of likely N-dealkylation sites (tertiary alicyclic amines) is 1. The van der Waals surface area contributed by atoms with Gasteiger partial charge in [-0.3, -0.25) is 19.2 Å². The molecule has 10 nitrogen and oxygen atoms in total. The Bertz CT molecular complexity index is 1840. The number of allylic oxidation sites excluding steroid dienone is 1. The number of aliphatic hydroxyl groups excluding tert-OH is 1. The highest BCUT2D eigenvalue weighted by Gasteiger charge is 2.74. The van der Waals surface area contributed by atoms with E-state index in [4.69, 9.17) is 9.47 Å². The van der Waals surface area contributed by atoms with Crippen molar-refractivity contribution in [1.82, 2.24) is 10.2 Å². The third kappa shape index (κ3) is 5.80. The first-order valence-electron chi connectivity index (χ1n) is 17.5. The van der Waals surface area contributed by atoms with Crippen molar-refractivity contribution in [2.24, 2.45) is 17.8 Å². The number of carbonyl (C=O) groups is 4. The van der Waals surface area contributed by atoms with Gasteiger partial charge in [0.1, 0.15) is 23.7 Å². The molecule has 260 valence electrons. The Balaban J connectivity index is 1.35. The quantitative estimate of drug-likeness (QED) is 0.291. The number of ether oxygens (including phenoxy) is 2. The van der Waals surface area contributed by atoms with Crippen LogP contribution in [0.2, 0.25) is 0 Å². The van der Waals surface area contributed by atoms with Gasteiger partial charge < -0.3 is 29.7 Å². The van der Waals surface area contributed by atoms with Crippen LogP contribution in [0.4, 0.5) is 5.69 Å². The molecule has 2 saturated heterocycles. The minimum absolute atomic E-state index is 0.0553. The van der Waals surface area contributed by atoms with Gasteiger partial charge in [-0.1, -0.05) is 105 Å². The molecular formula is C40H43N3O7. The Morgan fingerprint density at radius 2 is 1.72 bits per heavy atom. The fourth-order valence-electron chi connectivity index (χ4n) is 8.06. The Morgan fingerprint density at radius 3 is 2.48 bits per heavy atom. The molecule has 10 heteroatoms. The van der Waals surface area contributed by atoms with Crippen LogP contribution in [-0.4, -0.2) is 77.2 Å². The molecule has 0 unspecified atom stereocenters. The molecule has 5 bridgehead atoms. The number of nitrogens with one attached hydrogen (secondary N) is 1. The topological polar surface area (TPSA) is 125 Å². The van der Waals surface area contributed by atoms with Crippen LogP contribution >= 0.6 is 0 Å². The maximum Gasteiger partial charge on any atom is 0.313 e. The number of anilines is 1. The second kappa shape index (κ2) is 13.8. The Labute approximate surface area is 291 Å².